The molecule has 1 saturated carbocycles. The van der Waals surface area contributed by atoms with Crippen LogP contribution >= 0.6 is 54.5 Å². The molecule has 4 aliphatic rings. The molecule has 19 rings (SSSR count). The van der Waals surface area contributed by atoms with Crippen LogP contribution in [0.2, 0.25) is 0 Å². The highest BCUT2D eigenvalue weighted by Crippen LogP contribution is 2.43. The number of carboxylic acids is 1. The Morgan fingerprint density at radius 2 is 1.37 bits per heavy atom. The van der Waals surface area contributed by atoms with Gasteiger partial charge >= 0.3 is 5.97 Å². The number of imidazole rings is 1. The number of para-hydroxylation sites is 2. The third-order valence-corrected chi connectivity index (χ3v) is 26.5. The number of aliphatic carboxylic acids is 1. The fourth-order valence-electron chi connectivity index (χ4n) is 16.3. The molecule has 0 bridgehead atoms. The van der Waals surface area contributed by atoms with Gasteiger partial charge in [-0.3, -0.25) is 33.9 Å². The second-order valence-electron chi connectivity index (χ2n) is 33.2. The van der Waals surface area contributed by atoms with Crippen molar-refractivity contribution in [1.82, 2.24) is 29.5 Å². The standard InChI is InChI=1S/C24H26FNO4.C20H19NO.C19H20N2O2.C16H10Br2INO.C15H13N3O3S.C13H11N3O2.CH4/c1-15(2)26-21-6-4-3-5-20(21)24(16-7-9-17(25)10-8-16)22(26)12-11-18(27)13-19(28)14-23(29)30;22-20-12-16-8-7-15(17-6-3-9-21-13-17)11-18(16)19(20)10-14-4-1-2-5-14;1-13(22)18(20)9-15-11-21-19-8-7-16(10-17(15)19)23-12-14-5-3-2-4-6-14;1-8-13(17)5-9(6-14(8)18)4-12-11-7-10(19)2-3-15(11)20-16(12)21;16-22(20,21)11-7-5-10(6-8-11)17-9-13-12-3-1-2-4-14(12)18-15(13)19;1-18-9-2-3-12-10(5-9)11(13(17)16-12)4-8-6-14-7-15-8;/h3-12,15,18-19,27-28H,13-14H2,1-2H3,(H,29,30);3,6-11,13-14H,1-2,4-5,12H2;2-8,10-11,18,21H,9,12,20H2,1H3;2-7H,1H3,(H,20,21);1-9,18-19H,(H2,16,20,21);2-7H,1H3,(H,14,15)(H,16,17);1H4/b12-11+;19-10-;;12-4-;;11-4-;/t18-,19-;;;;;;/m0....../s1. The van der Waals surface area contributed by atoms with E-state index in [1.54, 1.807) is 68.3 Å². The zero-order chi connectivity index (χ0) is 96.4. The molecule has 13 N–H and O–H groups in total. The molecule has 10 aromatic carbocycles. The summed E-state index contributed by atoms with van der Waals surface area (Å²) in [4.78, 5) is 80.0. The molecular formula is C108H103Br2FIN11O13S. The summed E-state index contributed by atoms with van der Waals surface area (Å²) in [5.74, 6) is 0.828. The number of carbonyl (C=O) groups is 5. The highest BCUT2D eigenvalue weighted by Gasteiger charge is 2.30. The van der Waals surface area contributed by atoms with Crippen molar-refractivity contribution in [3.63, 3.8) is 0 Å². The van der Waals surface area contributed by atoms with Gasteiger partial charge in [-0.25, -0.2) is 22.9 Å². The van der Waals surface area contributed by atoms with Gasteiger partial charge in [-0.2, -0.15) is 0 Å². The number of carbonyl (C=O) groups excluding carboxylic acids is 4. The second-order valence-corrected chi connectivity index (χ2v) is 37.7. The number of hydrogen-bond acceptors (Lipinski definition) is 16. The van der Waals surface area contributed by atoms with Crippen LogP contribution in [0.4, 0.5) is 21.5 Å². The molecule has 0 spiro atoms. The number of nitrogens with one attached hydrogen (secondary N) is 5. The van der Waals surface area contributed by atoms with E-state index >= 15 is 0 Å². The minimum Gasteiger partial charge on any atom is -0.497 e. The number of nitrogens with zero attached hydrogens (tertiary/aromatic N) is 4. The number of aromatic amines is 3. The van der Waals surface area contributed by atoms with Crippen molar-refractivity contribution in [1.29, 1.82) is 0 Å². The minimum absolute atomic E-state index is 0. The molecule has 2 aliphatic heterocycles. The maximum Gasteiger partial charge on any atom is 0.305 e. The number of aliphatic hydroxyl groups excluding tert-OH is 2. The SMILES string of the molecule is C.CC(=O)C(N)Cc1c[nH]c2ccc(OCc3ccccc3)cc12.CC(C)n1c(/C=C/[C@H](O)C[C@H](O)CC(=O)O)c(-c2ccc(F)cc2)c2ccccc21.COc1ccc2c(c1)/C(=C/c1cnc[nH]1)C(=O)N2.Cc1c(Br)cc(/C=C2\C(=O)Nc3ccc(I)cc32)cc1Br.NS(=O)(=O)c1ccc(N=Cc2c(O)[nH]c3ccccc23)cc1.O=C1Cc2ccc(-c3cccnc3)cc2/C1=C/C1CCCC1. The third-order valence-electron chi connectivity index (χ3n) is 23.2. The maximum absolute atomic E-state index is 13.5. The zero-order valence-corrected chi connectivity index (χ0v) is 80.9. The molecule has 2 aliphatic carbocycles. The molecule has 2 amide bonds. The summed E-state index contributed by atoms with van der Waals surface area (Å²) in [5, 5.41) is 52.4. The quantitative estimate of drug-likeness (QED) is 0.0171. The fourth-order valence-corrected chi connectivity index (χ4v) is 18.5. The first kappa shape index (κ1) is 101. The number of aromatic hydroxyl groups is 1. The Bertz CT molecular complexity index is 7170. The number of hydrogen-bond donors (Lipinski definition) is 11. The number of primary sulfonamides is 1. The smallest absolute Gasteiger partial charge is 0.305 e. The topological polar surface area (TPSA) is 385 Å². The summed E-state index contributed by atoms with van der Waals surface area (Å²) in [6, 6.07) is 69.0. The average Bonchev–Trinajstić information content (AvgIpc) is 1.59. The molecule has 24 nitrogen and oxygen atoms in total. The van der Waals surface area contributed by atoms with Gasteiger partial charge in [0.15, 0.2) is 11.7 Å². The summed E-state index contributed by atoms with van der Waals surface area (Å²) in [5.41, 5.74) is 27.8. The Kier molecular flexibility index (Phi) is 34.1. The number of allylic oxidation sites excluding steroid dienone is 2. The van der Waals surface area contributed by atoms with Crippen LogP contribution < -0.4 is 31.0 Å². The first-order chi connectivity index (χ1) is 65.4. The van der Waals surface area contributed by atoms with Gasteiger partial charge in [-0.05, 0) is 266 Å². The molecule has 702 valence electrons. The van der Waals surface area contributed by atoms with Crippen LogP contribution in [-0.4, -0.2) is 119 Å². The van der Waals surface area contributed by atoms with E-state index in [4.69, 9.17) is 25.5 Å². The number of aliphatic hydroxyl groups is 2. The third kappa shape index (κ3) is 25.8. The Labute approximate surface area is 823 Å². The Morgan fingerprint density at radius 3 is 2.04 bits per heavy atom. The number of amides is 2. The molecular weight excluding hydrogens is 2000 g/mol. The Balaban J connectivity index is 0.000000140. The lowest BCUT2D eigenvalue weighted by Crippen LogP contribution is -2.30. The zero-order valence-electron chi connectivity index (χ0n) is 74.8. The number of aliphatic imine (C=N–C) groups is 1. The van der Waals surface area contributed by atoms with Crippen molar-refractivity contribution in [2.45, 2.75) is 122 Å². The number of H-pyrrole nitrogens is 3. The van der Waals surface area contributed by atoms with E-state index in [0.29, 0.717) is 47.8 Å². The van der Waals surface area contributed by atoms with Crippen LogP contribution in [0.1, 0.15) is 134 Å². The van der Waals surface area contributed by atoms with Crippen LogP contribution in [0.15, 0.2) is 287 Å². The summed E-state index contributed by atoms with van der Waals surface area (Å²) < 4.78 is 52.2. The summed E-state index contributed by atoms with van der Waals surface area (Å²) in [6.07, 6.45) is 23.1. The predicted molar refractivity (Wildman–Crippen MR) is 557 cm³/mol. The number of ketones is 2. The molecule has 3 atom stereocenters. The molecule has 5 aromatic heterocycles. The predicted octanol–water partition coefficient (Wildman–Crippen LogP) is 22.7. The number of sulfonamides is 1. The van der Waals surface area contributed by atoms with E-state index in [2.05, 4.69) is 144 Å². The highest BCUT2D eigenvalue weighted by molar-refractivity contribution is 14.1. The maximum atomic E-state index is 13.5. The lowest BCUT2D eigenvalue weighted by molar-refractivity contribution is -0.139. The monoisotopic (exact) mass is 2100 g/mol. The number of nitrogens with two attached hydrogens (primary N) is 2. The van der Waals surface area contributed by atoms with Gasteiger partial charge in [0.2, 0.25) is 10.0 Å². The van der Waals surface area contributed by atoms with Gasteiger partial charge in [-0.1, -0.05) is 161 Å². The molecule has 29 heteroatoms. The van der Waals surface area contributed by atoms with Crippen LogP contribution in [0.5, 0.6) is 17.4 Å². The van der Waals surface area contributed by atoms with E-state index in [1.165, 1.54) is 68.7 Å². The van der Waals surface area contributed by atoms with Crippen molar-refractivity contribution in [3.8, 4) is 39.6 Å². The number of fused-ring (bicyclic) bond motifs is 6. The number of carboxylic acid groups (broad SMARTS) is 1. The van der Waals surface area contributed by atoms with E-state index in [9.17, 15) is 52.1 Å². The van der Waals surface area contributed by atoms with Crippen molar-refractivity contribution in [3.05, 3.63) is 348 Å². The number of pyridine rings is 1. The van der Waals surface area contributed by atoms with Crippen LogP contribution in [0.25, 0.3) is 89.9 Å². The van der Waals surface area contributed by atoms with Crippen molar-refractivity contribution in [2.75, 3.05) is 17.7 Å². The first-order valence-corrected chi connectivity index (χ1v) is 48.0. The molecule has 1 unspecified atom stereocenters. The van der Waals surface area contributed by atoms with Crippen LogP contribution in [0.3, 0.4) is 0 Å². The number of aromatic nitrogens is 6. The Morgan fingerprint density at radius 1 is 0.708 bits per heavy atom. The fraction of sp³-hybridized carbons (Fsp3) is 0.185. The summed E-state index contributed by atoms with van der Waals surface area (Å²) in [7, 11) is -2.11. The Hall–Kier alpha value is -13.6. The highest BCUT2D eigenvalue weighted by atomic mass is 127. The summed E-state index contributed by atoms with van der Waals surface area (Å²) in [6.45, 7) is 8.20. The lowest BCUT2D eigenvalue weighted by Gasteiger charge is -2.15. The lowest BCUT2D eigenvalue weighted by atomic mass is 9.97. The van der Waals surface area contributed by atoms with E-state index in [0.717, 1.165) is 146 Å². The largest absolute Gasteiger partial charge is 0.497 e. The van der Waals surface area contributed by atoms with Crippen molar-refractivity contribution >= 4 is 185 Å². The number of anilines is 2. The average molecular weight is 2100 g/mol. The number of rotatable bonds is 22. The van der Waals surface area contributed by atoms with E-state index in [-0.39, 0.29) is 59.9 Å². The van der Waals surface area contributed by atoms with E-state index < -0.39 is 40.7 Å². The van der Waals surface area contributed by atoms with Gasteiger partial charge in [0.25, 0.3) is 11.8 Å². The van der Waals surface area contributed by atoms with Gasteiger partial charge in [0.05, 0.1) is 71.7 Å². The van der Waals surface area contributed by atoms with E-state index in [1.807, 2.05) is 177 Å². The number of benzene rings is 10. The minimum atomic E-state index is -3.71. The van der Waals surface area contributed by atoms with Gasteiger partial charge in [0.1, 0.15) is 29.7 Å². The second kappa shape index (κ2) is 46.3. The van der Waals surface area contributed by atoms with Gasteiger partial charge < -0.3 is 65.8 Å². The molecule has 15 aromatic rings. The molecule has 137 heavy (non-hydrogen) atoms. The number of Topliss-reactive ketones (excluding diaryl/α,β-unsaturated/α-hetero) is 2. The number of ether oxygens (including phenoxy) is 2. The molecule has 7 heterocycles. The molecule has 1 fully saturated rings. The van der Waals surface area contributed by atoms with Gasteiger partial charge in [-0.15, -0.1) is 0 Å². The number of methoxy groups -OCH3 is 1. The number of halogens is 4. The van der Waals surface area contributed by atoms with Crippen molar-refractivity contribution in [2.24, 2.45) is 21.8 Å². The first-order valence-electron chi connectivity index (χ1n) is 43.8. The molecule has 0 radical (unpaired) electrons. The normalized spacial score (nSPS) is 14.6. The molecule has 0 saturated heterocycles. The van der Waals surface area contributed by atoms with Gasteiger partial charge in [0, 0.05) is 139 Å². The van der Waals surface area contributed by atoms with Crippen molar-refractivity contribution < 1.29 is 66.7 Å². The van der Waals surface area contributed by atoms with Crippen LogP contribution in [0, 0.1) is 22.2 Å². The summed E-state index contributed by atoms with van der Waals surface area (Å²) >= 11 is 9.34. The van der Waals surface area contributed by atoms with Crippen LogP contribution in [-0.2, 0) is 53.4 Å².